The molecule has 5 heteroatoms. The standard InChI is InChI=1S/C14H14BrClN2O/c15-11-4-10(5-12(16)6-11)14(19)13(7-17)9-2-1-3-18-8-9/h1-6,8,13-14,19H,7,17H2. The van der Waals surface area contributed by atoms with Crippen LogP contribution in [-0.4, -0.2) is 16.6 Å². The second-order valence-electron chi connectivity index (χ2n) is 4.28. The van der Waals surface area contributed by atoms with E-state index >= 15 is 0 Å². The maximum absolute atomic E-state index is 10.5. The average molecular weight is 342 g/mol. The Balaban J connectivity index is 2.33. The molecule has 2 rings (SSSR count). The first-order valence-corrected chi connectivity index (χ1v) is 7.03. The van der Waals surface area contributed by atoms with Crippen LogP contribution in [0.4, 0.5) is 0 Å². The first-order chi connectivity index (χ1) is 9.11. The van der Waals surface area contributed by atoms with Crippen molar-refractivity contribution >= 4 is 27.5 Å². The van der Waals surface area contributed by atoms with Crippen LogP contribution in [-0.2, 0) is 0 Å². The molecule has 0 spiro atoms. The Morgan fingerprint density at radius 3 is 2.68 bits per heavy atom. The zero-order valence-electron chi connectivity index (χ0n) is 10.1. The van der Waals surface area contributed by atoms with E-state index in [1.54, 1.807) is 24.5 Å². The number of hydrogen-bond acceptors (Lipinski definition) is 3. The monoisotopic (exact) mass is 340 g/mol. The van der Waals surface area contributed by atoms with Crippen LogP contribution in [0.3, 0.4) is 0 Å². The lowest BCUT2D eigenvalue weighted by Gasteiger charge is -2.22. The van der Waals surface area contributed by atoms with Crippen molar-refractivity contribution in [1.82, 2.24) is 4.98 Å². The molecule has 0 saturated carbocycles. The fourth-order valence-electron chi connectivity index (χ4n) is 2.02. The van der Waals surface area contributed by atoms with Gasteiger partial charge in [-0.25, -0.2) is 0 Å². The molecule has 0 radical (unpaired) electrons. The highest BCUT2D eigenvalue weighted by Crippen LogP contribution is 2.32. The molecule has 2 unspecified atom stereocenters. The highest BCUT2D eigenvalue weighted by Gasteiger charge is 2.22. The predicted octanol–water partition coefficient (Wildman–Crippen LogP) is 3.27. The fraction of sp³-hybridized carbons (Fsp3) is 0.214. The summed E-state index contributed by atoms with van der Waals surface area (Å²) in [7, 11) is 0. The van der Waals surface area contributed by atoms with Crippen molar-refractivity contribution in [3.63, 3.8) is 0 Å². The smallest absolute Gasteiger partial charge is 0.0872 e. The molecule has 1 aromatic carbocycles. The molecular weight excluding hydrogens is 328 g/mol. The van der Waals surface area contributed by atoms with Gasteiger partial charge in [-0.1, -0.05) is 33.6 Å². The second-order valence-corrected chi connectivity index (χ2v) is 5.63. The number of nitrogens with two attached hydrogens (primary N) is 1. The number of nitrogens with zero attached hydrogens (tertiary/aromatic N) is 1. The van der Waals surface area contributed by atoms with Crippen LogP contribution < -0.4 is 5.73 Å². The number of benzene rings is 1. The molecule has 2 aromatic rings. The number of halogens is 2. The predicted molar refractivity (Wildman–Crippen MR) is 80.1 cm³/mol. The molecule has 0 bridgehead atoms. The van der Waals surface area contributed by atoms with E-state index in [1.807, 2.05) is 18.2 Å². The Bertz CT molecular complexity index is 530. The summed E-state index contributed by atoms with van der Waals surface area (Å²) in [5.74, 6) is -0.209. The van der Waals surface area contributed by atoms with E-state index in [4.69, 9.17) is 17.3 Å². The number of hydrogen-bond donors (Lipinski definition) is 2. The molecule has 1 aromatic heterocycles. The van der Waals surface area contributed by atoms with Gasteiger partial charge in [-0.05, 0) is 35.4 Å². The van der Waals surface area contributed by atoms with Gasteiger partial charge in [0.1, 0.15) is 0 Å². The maximum atomic E-state index is 10.5. The summed E-state index contributed by atoms with van der Waals surface area (Å²) in [6, 6.07) is 9.11. The van der Waals surface area contributed by atoms with Crippen LogP contribution in [0.1, 0.15) is 23.1 Å². The molecule has 100 valence electrons. The summed E-state index contributed by atoms with van der Waals surface area (Å²) in [6.45, 7) is 0.330. The molecule has 3 N–H and O–H groups in total. The van der Waals surface area contributed by atoms with Crippen molar-refractivity contribution < 1.29 is 5.11 Å². The van der Waals surface area contributed by atoms with Crippen LogP contribution in [0.2, 0.25) is 5.02 Å². The molecular formula is C14H14BrClN2O. The van der Waals surface area contributed by atoms with Crippen molar-refractivity contribution in [3.05, 3.63) is 63.3 Å². The number of aromatic nitrogens is 1. The van der Waals surface area contributed by atoms with Gasteiger partial charge in [-0.3, -0.25) is 4.98 Å². The van der Waals surface area contributed by atoms with Gasteiger partial charge in [-0.15, -0.1) is 0 Å². The molecule has 2 atom stereocenters. The van der Waals surface area contributed by atoms with E-state index < -0.39 is 6.10 Å². The minimum Gasteiger partial charge on any atom is -0.388 e. The lowest BCUT2D eigenvalue weighted by Crippen LogP contribution is -2.20. The number of pyridine rings is 1. The Morgan fingerprint density at radius 1 is 1.32 bits per heavy atom. The topological polar surface area (TPSA) is 59.1 Å². The van der Waals surface area contributed by atoms with Gasteiger partial charge >= 0.3 is 0 Å². The fourth-order valence-corrected chi connectivity index (χ4v) is 2.91. The summed E-state index contributed by atoms with van der Waals surface area (Å²) in [5, 5.41) is 11.1. The third-order valence-electron chi connectivity index (χ3n) is 2.97. The summed E-state index contributed by atoms with van der Waals surface area (Å²) in [5.41, 5.74) is 7.43. The van der Waals surface area contributed by atoms with Gasteiger partial charge in [0.25, 0.3) is 0 Å². The first kappa shape index (κ1) is 14.5. The molecule has 0 amide bonds. The molecule has 0 aliphatic carbocycles. The van der Waals surface area contributed by atoms with Crippen molar-refractivity contribution in [2.45, 2.75) is 12.0 Å². The van der Waals surface area contributed by atoms with E-state index in [0.717, 1.165) is 15.6 Å². The lowest BCUT2D eigenvalue weighted by molar-refractivity contribution is 0.147. The summed E-state index contributed by atoms with van der Waals surface area (Å²) in [4.78, 5) is 4.06. The number of aliphatic hydroxyl groups excluding tert-OH is 1. The van der Waals surface area contributed by atoms with Gasteiger partial charge in [0.05, 0.1) is 6.10 Å². The zero-order valence-corrected chi connectivity index (χ0v) is 12.5. The molecule has 19 heavy (non-hydrogen) atoms. The van der Waals surface area contributed by atoms with Crippen LogP contribution in [0.15, 0.2) is 47.2 Å². The van der Waals surface area contributed by atoms with Crippen LogP contribution >= 0.6 is 27.5 Å². The molecule has 3 nitrogen and oxygen atoms in total. The summed E-state index contributed by atoms with van der Waals surface area (Å²) >= 11 is 9.37. The van der Waals surface area contributed by atoms with E-state index in [-0.39, 0.29) is 5.92 Å². The van der Waals surface area contributed by atoms with Crippen molar-refractivity contribution in [3.8, 4) is 0 Å². The Morgan fingerprint density at radius 2 is 2.11 bits per heavy atom. The minimum atomic E-state index is -0.718. The minimum absolute atomic E-state index is 0.209. The van der Waals surface area contributed by atoms with Crippen LogP contribution in [0.25, 0.3) is 0 Å². The number of aliphatic hydroxyl groups is 1. The lowest BCUT2D eigenvalue weighted by atomic mass is 9.90. The molecule has 0 saturated heterocycles. The Hall–Kier alpha value is -0.940. The zero-order chi connectivity index (χ0) is 13.8. The summed E-state index contributed by atoms with van der Waals surface area (Å²) < 4.78 is 0.830. The van der Waals surface area contributed by atoms with Gasteiger partial charge in [0, 0.05) is 34.4 Å². The average Bonchev–Trinajstić information content (AvgIpc) is 2.39. The van der Waals surface area contributed by atoms with Crippen LogP contribution in [0, 0.1) is 0 Å². The Labute approximate surface area is 125 Å². The van der Waals surface area contributed by atoms with Crippen molar-refractivity contribution in [1.29, 1.82) is 0 Å². The molecule has 1 heterocycles. The largest absolute Gasteiger partial charge is 0.388 e. The van der Waals surface area contributed by atoms with E-state index in [0.29, 0.717) is 11.6 Å². The van der Waals surface area contributed by atoms with E-state index in [2.05, 4.69) is 20.9 Å². The first-order valence-electron chi connectivity index (χ1n) is 5.86. The molecule has 0 aliphatic heterocycles. The van der Waals surface area contributed by atoms with Crippen molar-refractivity contribution in [2.24, 2.45) is 5.73 Å². The maximum Gasteiger partial charge on any atom is 0.0872 e. The number of rotatable bonds is 4. The molecule has 0 aliphatic rings. The van der Waals surface area contributed by atoms with Gasteiger partial charge in [0.15, 0.2) is 0 Å². The third-order valence-corrected chi connectivity index (χ3v) is 3.65. The molecule has 0 fully saturated rings. The van der Waals surface area contributed by atoms with Crippen LogP contribution in [0.5, 0.6) is 0 Å². The third kappa shape index (κ3) is 3.54. The van der Waals surface area contributed by atoms with Gasteiger partial charge in [-0.2, -0.15) is 0 Å². The van der Waals surface area contributed by atoms with Gasteiger partial charge < -0.3 is 10.8 Å². The summed E-state index contributed by atoms with van der Waals surface area (Å²) in [6.07, 6.45) is 2.70. The highest BCUT2D eigenvalue weighted by atomic mass is 79.9. The van der Waals surface area contributed by atoms with Gasteiger partial charge in [0.2, 0.25) is 0 Å². The van der Waals surface area contributed by atoms with Crippen molar-refractivity contribution in [2.75, 3.05) is 6.54 Å². The quantitative estimate of drug-likeness (QED) is 0.897. The normalized spacial score (nSPS) is 14.1. The van der Waals surface area contributed by atoms with E-state index in [1.165, 1.54) is 0 Å². The second kappa shape index (κ2) is 6.48. The highest BCUT2D eigenvalue weighted by molar-refractivity contribution is 9.10. The SMILES string of the molecule is NCC(c1cccnc1)C(O)c1cc(Cl)cc(Br)c1. The van der Waals surface area contributed by atoms with E-state index in [9.17, 15) is 5.11 Å². The Kier molecular flexibility index (Phi) is 4.93.